The minimum Gasteiger partial charge on any atom is -0.392 e. The summed E-state index contributed by atoms with van der Waals surface area (Å²) in [6, 6.07) is 7.95. The quantitative estimate of drug-likeness (QED) is 0.746. The van der Waals surface area contributed by atoms with E-state index in [0.29, 0.717) is 0 Å². The molecule has 90 valence electrons. The number of aryl methyl sites for hydroxylation is 1. The molecule has 0 radical (unpaired) electrons. The summed E-state index contributed by atoms with van der Waals surface area (Å²) in [6.07, 6.45) is 5.37. The van der Waals surface area contributed by atoms with Crippen LogP contribution in [-0.2, 0) is 6.61 Å². The van der Waals surface area contributed by atoms with E-state index in [9.17, 15) is 5.11 Å². The van der Waals surface area contributed by atoms with E-state index in [1.165, 1.54) is 0 Å². The van der Waals surface area contributed by atoms with Crippen molar-refractivity contribution in [2.75, 3.05) is 0 Å². The number of hydrogen-bond donors (Lipinski definition) is 1. The van der Waals surface area contributed by atoms with Gasteiger partial charge in [0.1, 0.15) is 11.6 Å². The lowest BCUT2D eigenvalue weighted by Crippen LogP contribution is -2.01. The van der Waals surface area contributed by atoms with Gasteiger partial charge in [0.15, 0.2) is 0 Å². The van der Waals surface area contributed by atoms with Gasteiger partial charge in [-0.2, -0.15) is 0 Å². The van der Waals surface area contributed by atoms with E-state index >= 15 is 0 Å². The average Bonchev–Trinajstić information content (AvgIpc) is 2.83. The molecular formula is C14H13N3O. The zero-order valence-electron chi connectivity index (χ0n) is 10.0. The van der Waals surface area contributed by atoms with Crippen LogP contribution in [0.3, 0.4) is 0 Å². The predicted octanol–water partition coefficient (Wildman–Crippen LogP) is 2.22. The summed E-state index contributed by atoms with van der Waals surface area (Å²) in [5.41, 5.74) is 0.840. The van der Waals surface area contributed by atoms with Crippen LogP contribution in [0.5, 0.6) is 0 Å². The highest BCUT2D eigenvalue weighted by Gasteiger charge is 2.09. The molecule has 0 fully saturated rings. The zero-order valence-corrected chi connectivity index (χ0v) is 10.0. The minimum atomic E-state index is -0.00327. The second kappa shape index (κ2) is 4.23. The molecule has 0 amide bonds. The normalized spacial score (nSPS) is 11.0. The number of aliphatic hydroxyl groups is 1. The molecule has 1 aromatic carbocycles. The van der Waals surface area contributed by atoms with Gasteiger partial charge in [0.2, 0.25) is 0 Å². The van der Waals surface area contributed by atoms with E-state index in [1.807, 2.05) is 42.0 Å². The third-order valence-corrected chi connectivity index (χ3v) is 3.08. The molecule has 0 saturated heterocycles. The molecule has 0 unspecified atom stereocenters. The third kappa shape index (κ3) is 1.58. The maximum atomic E-state index is 9.35. The predicted molar refractivity (Wildman–Crippen MR) is 69.5 cm³/mol. The van der Waals surface area contributed by atoms with Crippen LogP contribution in [0.4, 0.5) is 0 Å². The Morgan fingerprint density at radius 1 is 1.17 bits per heavy atom. The first-order chi connectivity index (χ1) is 8.81. The van der Waals surface area contributed by atoms with E-state index in [4.69, 9.17) is 0 Å². The molecular weight excluding hydrogens is 226 g/mol. The lowest BCUT2D eigenvalue weighted by Gasteiger charge is -2.10. The fourth-order valence-corrected chi connectivity index (χ4v) is 2.16. The molecule has 0 spiro atoms. The first-order valence-corrected chi connectivity index (χ1v) is 5.79. The Labute approximate surface area is 105 Å². The van der Waals surface area contributed by atoms with Crippen molar-refractivity contribution in [3.63, 3.8) is 0 Å². The highest BCUT2D eigenvalue weighted by molar-refractivity contribution is 5.91. The second-order valence-corrected chi connectivity index (χ2v) is 4.16. The van der Waals surface area contributed by atoms with Gasteiger partial charge in [-0.1, -0.05) is 24.3 Å². The second-order valence-electron chi connectivity index (χ2n) is 4.16. The van der Waals surface area contributed by atoms with Crippen molar-refractivity contribution in [2.45, 2.75) is 13.5 Å². The summed E-state index contributed by atoms with van der Waals surface area (Å²) in [5.74, 6) is 1.74. The number of aromatic nitrogens is 3. The van der Waals surface area contributed by atoms with Gasteiger partial charge in [-0.15, -0.1) is 0 Å². The van der Waals surface area contributed by atoms with Gasteiger partial charge in [-0.25, -0.2) is 9.97 Å². The Bertz CT molecular complexity index is 703. The topological polar surface area (TPSA) is 50.9 Å². The number of nitrogens with zero attached hydrogens (tertiary/aromatic N) is 3. The number of hydrogen-bond acceptors (Lipinski definition) is 3. The van der Waals surface area contributed by atoms with Crippen LogP contribution in [0.2, 0.25) is 0 Å². The van der Waals surface area contributed by atoms with Crippen molar-refractivity contribution in [2.24, 2.45) is 0 Å². The van der Waals surface area contributed by atoms with Crippen LogP contribution in [0, 0.1) is 6.92 Å². The lowest BCUT2D eigenvalue weighted by atomic mass is 10.1. The summed E-state index contributed by atoms with van der Waals surface area (Å²) in [5, 5.41) is 11.4. The van der Waals surface area contributed by atoms with Gasteiger partial charge < -0.3 is 5.11 Å². The number of benzene rings is 1. The Kier molecular flexibility index (Phi) is 2.57. The van der Waals surface area contributed by atoms with E-state index in [-0.39, 0.29) is 6.61 Å². The van der Waals surface area contributed by atoms with Crippen molar-refractivity contribution in [3.05, 3.63) is 54.2 Å². The molecule has 0 atom stereocenters. The van der Waals surface area contributed by atoms with E-state index in [0.717, 1.165) is 28.0 Å². The van der Waals surface area contributed by atoms with Gasteiger partial charge in [0.25, 0.3) is 0 Å². The lowest BCUT2D eigenvalue weighted by molar-refractivity contribution is 0.283. The summed E-state index contributed by atoms with van der Waals surface area (Å²) in [7, 11) is 0. The number of fused-ring (bicyclic) bond motifs is 1. The monoisotopic (exact) mass is 239 g/mol. The number of pyridine rings is 1. The van der Waals surface area contributed by atoms with Crippen molar-refractivity contribution in [1.29, 1.82) is 0 Å². The standard InChI is InChI=1S/C14H13N3O/c1-10-15-6-7-17(10)14-13-5-3-2-4-12(13)11(9-18)8-16-14/h2-8,18H,9H2,1H3. The van der Waals surface area contributed by atoms with Crippen molar-refractivity contribution in [3.8, 4) is 5.82 Å². The Balaban J connectivity index is 2.35. The molecule has 3 rings (SSSR count). The van der Waals surface area contributed by atoms with Crippen molar-refractivity contribution < 1.29 is 5.11 Å². The average molecular weight is 239 g/mol. The highest BCUT2D eigenvalue weighted by atomic mass is 16.3. The summed E-state index contributed by atoms with van der Waals surface area (Å²) >= 11 is 0. The summed E-state index contributed by atoms with van der Waals surface area (Å²) in [6.45, 7) is 1.94. The van der Waals surface area contributed by atoms with E-state index in [2.05, 4.69) is 9.97 Å². The summed E-state index contributed by atoms with van der Waals surface area (Å²) < 4.78 is 1.95. The van der Waals surface area contributed by atoms with Crippen LogP contribution in [0.1, 0.15) is 11.4 Å². The smallest absolute Gasteiger partial charge is 0.145 e. The van der Waals surface area contributed by atoms with Crippen LogP contribution >= 0.6 is 0 Å². The molecule has 2 aromatic heterocycles. The van der Waals surface area contributed by atoms with Gasteiger partial charge in [0, 0.05) is 29.5 Å². The first kappa shape index (κ1) is 10.9. The van der Waals surface area contributed by atoms with Crippen LogP contribution in [0.15, 0.2) is 42.9 Å². The Morgan fingerprint density at radius 2 is 1.94 bits per heavy atom. The van der Waals surface area contributed by atoms with Crippen molar-refractivity contribution >= 4 is 10.8 Å². The van der Waals surface area contributed by atoms with E-state index in [1.54, 1.807) is 12.4 Å². The Morgan fingerprint density at radius 3 is 2.61 bits per heavy atom. The number of imidazole rings is 1. The molecule has 18 heavy (non-hydrogen) atoms. The van der Waals surface area contributed by atoms with Gasteiger partial charge in [-0.3, -0.25) is 4.57 Å². The summed E-state index contributed by atoms with van der Waals surface area (Å²) in [4.78, 5) is 8.66. The Hall–Kier alpha value is -2.20. The molecule has 0 aliphatic carbocycles. The van der Waals surface area contributed by atoms with Crippen LogP contribution in [-0.4, -0.2) is 19.6 Å². The highest BCUT2D eigenvalue weighted by Crippen LogP contribution is 2.24. The molecule has 0 aliphatic rings. The SMILES string of the molecule is Cc1nccn1-c1ncc(CO)c2ccccc12. The molecule has 4 nitrogen and oxygen atoms in total. The van der Waals surface area contributed by atoms with Crippen LogP contribution < -0.4 is 0 Å². The molecule has 1 N–H and O–H groups in total. The van der Waals surface area contributed by atoms with Gasteiger partial charge in [-0.05, 0) is 12.3 Å². The van der Waals surface area contributed by atoms with E-state index < -0.39 is 0 Å². The maximum Gasteiger partial charge on any atom is 0.145 e. The largest absolute Gasteiger partial charge is 0.392 e. The number of aliphatic hydroxyl groups excluding tert-OH is 1. The number of rotatable bonds is 2. The van der Waals surface area contributed by atoms with Crippen molar-refractivity contribution in [1.82, 2.24) is 14.5 Å². The van der Waals surface area contributed by atoms with Crippen LogP contribution in [0.25, 0.3) is 16.6 Å². The molecule has 3 aromatic rings. The molecule has 0 aliphatic heterocycles. The molecule has 0 saturated carbocycles. The fourth-order valence-electron chi connectivity index (χ4n) is 2.16. The van der Waals surface area contributed by atoms with Gasteiger partial charge >= 0.3 is 0 Å². The molecule has 4 heteroatoms. The zero-order chi connectivity index (χ0) is 12.5. The third-order valence-electron chi connectivity index (χ3n) is 3.08. The minimum absolute atomic E-state index is 0.00327. The molecule has 2 heterocycles. The first-order valence-electron chi connectivity index (χ1n) is 5.79. The van der Waals surface area contributed by atoms with Gasteiger partial charge in [0.05, 0.1) is 6.61 Å². The maximum absolute atomic E-state index is 9.35. The fraction of sp³-hybridized carbons (Fsp3) is 0.143. The molecule has 0 bridgehead atoms.